The molecule has 2 heterocycles. The van der Waals surface area contributed by atoms with Crippen LogP contribution in [0.5, 0.6) is 0 Å². The number of nitrogens with zero attached hydrogens (tertiary/aromatic N) is 4. The van der Waals surface area contributed by atoms with Crippen LogP contribution in [0.15, 0.2) is 48.5 Å². The van der Waals surface area contributed by atoms with Crippen LogP contribution in [-0.2, 0) is 7.05 Å². The van der Waals surface area contributed by atoms with Gasteiger partial charge in [-0.1, -0.05) is 11.6 Å². The number of rotatable bonds is 2. The van der Waals surface area contributed by atoms with Gasteiger partial charge < -0.3 is 0 Å². The molecule has 0 saturated carbocycles. The summed E-state index contributed by atoms with van der Waals surface area (Å²) in [5.74, 6) is -0.677. The van der Waals surface area contributed by atoms with Gasteiger partial charge in [0.25, 0.3) is 0 Å². The molecule has 0 unspecified atom stereocenters. The van der Waals surface area contributed by atoms with E-state index in [4.69, 9.17) is 11.6 Å². The van der Waals surface area contributed by atoms with Crippen LogP contribution in [0.1, 0.15) is 0 Å². The summed E-state index contributed by atoms with van der Waals surface area (Å²) < 4.78 is 27.9. The Morgan fingerprint density at radius 1 is 0.800 bits per heavy atom. The van der Waals surface area contributed by atoms with E-state index in [0.717, 1.165) is 0 Å². The zero-order valence-corrected chi connectivity index (χ0v) is 13.8. The Bertz CT molecular complexity index is 1070. The van der Waals surface area contributed by atoms with Crippen molar-refractivity contribution in [3.63, 3.8) is 0 Å². The van der Waals surface area contributed by atoms with Crippen molar-refractivity contribution in [2.75, 3.05) is 0 Å². The molecule has 4 aromatic rings. The maximum absolute atomic E-state index is 13.2. The van der Waals surface area contributed by atoms with Gasteiger partial charge in [-0.25, -0.2) is 13.5 Å². The molecule has 4 rings (SSSR count). The summed E-state index contributed by atoms with van der Waals surface area (Å²) in [7, 11) is 1.73. The standard InChI is InChI=1S/C18H11ClF2N4/c1-25-18-14(16(24-25)10-2-6-12(20)7-3-10)15(19)17(22-23-18)11-4-8-13(21)9-5-11/h2-9H,1H3. The SMILES string of the molecule is Cn1nc(-c2ccc(F)cc2)c2c(Cl)c(-c3ccc(F)cc3)nnc21. The van der Waals surface area contributed by atoms with Gasteiger partial charge in [0.05, 0.1) is 10.4 Å². The summed E-state index contributed by atoms with van der Waals surface area (Å²) in [4.78, 5) is 0. The van der Waals surface area contributed by atoms with Gasteiger partial charge in [0, 0.05) is 18.2 Å². The molecule has 0 spiro atoms. The lowest BCUT2D eigenvalue weighted by Crippen LogP contribution is -1.95. The average Bonchev–Trinajstić information content (AvgIpc) is 2.95. The molecular formula is C18H11ClF2N4. The van der Waals surface area contributed by atoms with E-state index >= 15 is 0 Å². The predicted molar refractivity (Wildman–Crippen MR) is 92.1 cm³/mol. The molecule has 0 saturated heterocycles. The molecule has 124 valence electrons. The smallest absolute Gasteiger partial charge is 0.182 e. The number of halogens is 3. The first-order valence-corrected chi connectivity index (χ1v) is 7.83. The summed E-state index contributed by atoms with van der Waals surface area (Å²) in [6.45, 7) is 0. The summed E-state index contributed by atoms with van der Waals surface area (Å²) in [6, 6.07) is 11.8. The van der Waals surface area contributed by atoms with Crippen LogP contribution in [0.3, 0.4) is 0 Å². The van der Waals surface area contributed by atoms with Crippen molar-refractivity contribution in [3.8, 4) is 22.5 Å². The highest BCUT2D eigenvalue weighted by Gasteiger charge is 2.19. The number of hydrogen-bond donors (Lipinski definition) is 0. The highest BCUT2D eigenvalue weighted by atomic mass is 35.5. The van der Waals surface area contributed by atoms with Crippen LogP contribution < -0.4 is 0 Å². The Balaban J connectivity index is 1.97. The molecule has 7 heteroatoms. The molecule has 0 aliphatic heterocycles. The first kappa shape index (κ1) is 15.7. The predicted octanol–water partition coefficient (Wildman–Crippen LogP) is 4.63. The van der Waals surface area contributed by atoms with Gasteiger partial charge in [0.15, 0.2) is 5.65 Å². The van der Waals surface area contributed by atoms with Crippen molar-refractivity contribution in [2.45, 2.75) is 0 Å². The zero-order valence-electron chi connectivity index (χ0n) is 13.0. The highest BCUT2D eigenvalue weighted by Crippen LogP contribution is 2.36. The monoisotopic (exact) mass is 356 g/mol. The van der Waals surface area contributed by atoms with Crippen molar-refractivity contribution in [1.29, 1.82) is 0 Å². The Kier molecular flexibility index (Phi) is 3.69. The largest absolute Gasteiger partial charge is 0.248 e. The molecule has 0 atom stereocenters. The Morgan fingerprint density at radius 3 is 1.88 bits per heavy atom. The molecular weight excluding hydrogens is 346 g/mol. The second-order valence-electron chi connectivity index (χ2n) is 5.55. The van der Waals surface area contributed by atoms with E-state index in [1.807, 2.05) is 0 Å². The van der Waals surface area contributed by atoms with Gasteiger partial charge in [0.1, 0.15) is 23.0 Å². The number of fused-ring (bicyclic) bond motifs is 1. The van der Waals surface area contributed by atoms with E-state index < -0.39 is 0 Å². The van der Waals surface area contributed by atoms with Crippen LogP contribution in [0.25, 0.3) is 33.5 Å². The van der Waals surface area contributed by atoms with Crippen LogP contribution in [0.4, 0.5) is 8.78 Å². The van der Waals surface area contributed by atoms with Crippen LogP contribution in [0, 0.1) is 11.6 Å². The molecule has 0 aliphatic rings. The number of aromatic nitrogens is 4. The minimum Gasteiger partial charge on any atom is -0.248 e. The minimum absolute atomic E-state index is 0.332. The van der Waals surface area contributed by atoms with Crippen molar-refractivity contribution in [3.05, 3.63) is 65.2 Å². The van der Waals surface area contributed by atoms with Crippen molar-refractivity contribution in [2.24, 2.45) is 7.05 Å². The lowest BCUT2D eigenvalue weighted by molar-refractivity contribution is 0.627. The molecule has 2 aromatic heterocycles. The first-order chi connectivity index (χ1) is 12.0. The quantitative estimate of drug-likeness (QED) is 0.526. The number of aryl methyl sites for hydroxylation is 1. The van der Waals surface area contributed by atoms with Gasteiger partial charge in [-0.3, -0.25) is 0 Å². The van der Waals surface area contributed by atoms with Crippen molar-refractivity contribution >= 4 is 22.6 Å². The second kappa shape index (κ2) is 5.89. The zero-order chi connectivity index (χ0) is 17.6. The Labute approximate surface area is 146 Å². The van der Waals surface area contributed by atoms with Crippen molar-refractivity contribution < 1.29 is 8.78 Å². The first-order valence-electron chi connectivity index (χ1n) is 7.45. The van der Waals surface area contributed by atoms with Crippen LogP contribution >= 0.6 is 11.6 Å². The van der Waals surface area contributed by atoms with Gasteiger partial charge >= 0.3 is 0 Å². The van der Waals surface area contributed by atoms with Gasteiger partial charge in [0.2, 0.25) is 0 Å². The maximum atomic E-state index is 13.2. The summed E-state index contributed by atoms with van der Waals surface area (Å²) in [6.07, 6.45) is 0. The Morgan fingerprint density at radius 2 is 1.32 bits per heavy atom. The molecule has 0 N–H and O–H groups in total. The summed E-state index contributed by atoms with van der Waals surface area (Å²) >= 11 is 6.59. The van der Waals surface area contributed by atoms with E-state index in [-0.39, 0.29) is 11.6 Å². The fourth-order valence-corrected chi connectivity index (χ4v) is 3.01. The third-order valence-corrected chi connectivity index (χ3v) is 4.29. The molecule has 2 aromatic carbocycles. The van der Waals surface area contributed by atoms with Crippen molar-refractivity contribution in [1.82, 2.24) is 20.0 Å². The second-order valence-corrected chi connectivity index (χ2v) is 5.93. The molecule has 0 amide bonds. The number of hydrogen-bond acceptors (Lipinski definition) is 3. The van der Waals surface area contributed by atoms with Crippen LogP contribution in [-0.4, -0.2) is 20.0 Å². The Hall–Kier alpha value is -2.86. The molecule has 0 bridgehead atoms. The fraction of sp³-hybridized carbons (Fsp3) is 0.0556. The molecule has 0 aliphatic carbocycles. The normalized spacial score (nSPS) is 11.2. The van der Waals surface area contributed by atoms with Gasteiger partial charge in [-0.2, -0.15) is 5.10 Å². The lowest BCUT2D eigenvalue weighted by Gasteiger charge is -2.05. The fourth-order valence-electron chi connectivity index (χ4n) is 2.69. The summed E-state index contributed by atoms with van der Waals surface area (Å²) in [5.41, 5.74) is 2.89. The van der Waals surface area contributed by atoms with E-state index in [9.17, 15) is 8.78 Å². The van der Waals surface area contributed by atoms with Gasteiger partial charge in [-0.15, -0.1) is 10.2 Å². The average molecular weight is 357 g/mol. The maximum Gasteiger partial charge on any atom is 0.182 e. The minimum atomic E-state index is -0.345. The molecule has 0 fully saturated rings. The van der Waals surface area contributed by atoms with E-state index in [2.05, 4.69) is 15.3 Å². The van der Waals surface area contributed by atoms with Crippen LogP contribution in [0.2, 0.25) is 5.02 Å². The lowest BCUT2D eigenvalue weighted by atomic mass is 10.1. The third kappa shape index (κ3) is 2.64. The topological polar surface area (TPSA) is 43.6 Å². The van der Waals surface area contributed by atoms with Gasteiger partial charge in [-0.05, 0) is 48.5 Å². The highest BCUT2D eigenvalue weighted by molar-refractivity contribution is 6.38. The third-order valence-electron chi connectivity index (χ3n) is 3.92. The van der Waals surface area contributed by atoms with E-state index in [0.29, 0.717) is 38.6 Å². The molecule has 4 nitrogen and oxygen atoms in total. The number of benzene rings is 2. The summed E-state index contributed by atoms with van der Waals surface area (Å²) in [5, 5.41) is 13.8. The van der Waals surface area contributed by atoms with E-state index in [1.165, 1.54) is 24.3 Å². The molecule has 0 radical (unpaired) electrons. The molecule has 25 heavy (non-hydrogen) atoms. The van der Waals surface area contributed by atoms with E-state index in [1.54, 1.807) is 36.0 Å².